The van der Waals surface area contributed by atoms with Crippen LogP contribution < -0.4 is 5.32 Å². The van der Waals surface area contributed by atoms with E-state index in [4.69, 9.17) is 0 Å². The van der Waals surface area contributed by atoms with Gasteiger partial charge >= 0.3 is 0 Å². The Morgan fingerprint density at radius 1 is 1.00 bits per heavy atom. The van der Waals surface area contributed by atoms with Crippen LogP contribution in [0.15, 0.2) is 0 Å². The van der Waals surface area contributed by atoms with Gasteiger partial charge in [-0.05, 0) is 67.8 Å². The molecule has 0 aromatic heterocycles. The molecular weight excluding hydrogens is 234 g/mol. The van der Waals surface area contributed by atoms with Crippen molar-refractivity contribution >= 4 is 0 Å². The minimum absolute atomic E-state index is 0.648. The first-order valence-electron chi connectivity index (χ1n) is 7.86. The fraction of sp³-hybridized carbons (Fsp3) is 1.00. The zero-order chi connectivity index (χ0) is 15.4. The van der Waals surface area contributed by atoms with Crippen LogP contribution in [0, 0.1) is 0 Å². The summed E-state index contributed by atoms with van der Waals surface area (Å²) in [5.41, 5.74) is 0. The second-order valence-corrected chi connectivity index (χ2v) is 6.25. The van der Waals surface area contributed by atoms with Crippen LogP contribution in [0.2, 0.25) is 0 Å². The van der Waals surface area contributed by atoms with Crippen molar-refractivity contribution < 1.29 is 0 Å². The molecule has 1 rings (SSSR count). The molecule has 0 unspecified atom stereocenters. The van der Waals surface area contributed by atoms with Crippen molar-refractivity contribution in [2.45, 2.75) is 73.0 Å². The Hall–Kier alpha value is -0.120. The molecule has 1 fully saturated rings. The molecule has 0 spiro atoms. The highest BCUT2D eigenvalue weighted by atomic mass is 15.2. The third-order valence-electron chi connectivity index (χ3n) is 3.27. The van der Waals surface area contributed by atoms with Crippen LogP contribution in [0.1, 0.15) is 54.9 Å². The summed E-state index contributed by atoms with van der Waals surface area (Å²) in [6, 6.07) is 2.12. The average Bonchev–Trinajstić information content (AvgIpc) is 2.14. The van der Waals surface area contributed by atoms with E-state index in [0.717, 1.165) is 12.6 Å². The van der Waals surface area contributed by atoms with E-state index in [2.05, 4.69) is 77.7 Å². The molecule has 1 heterocycles. The van der Waals surface area contributed by atoms with Crippen LogP contribution >= 0.6 is 0 Å². The SMILES string of the molecule is CC(C)N(C)C.CC(C)N1CCC1.CCNC(C)C. The van der Waals surface area contributed by atoms with Gasteiger partial charge in [-0.25, -0.2) is 0 Å². The number of hydrogen-bond acceptors (Lipinski definition) is 3. The standard InChI is InChI=1S/C6H13N.2C5H13N/c1-6(2)7-4-3-5-7;1-5(2)6(3)4;1-4-6-5(2)3/h6H,3-5H2,1-2H3;5H,1-4H3;5-6H,4H2,1-3H3. The molecule has 0 atom stereocenters. The van der Waals surface area contributed by atoms with Gasteiger partial charge in [0.25, 0.3) is 0 Å². The van der Waals surface area contributed by atoms with Crippen molar-refractivity contribution in [3.05, 3.63) is 0 Å². The molecule has 118 valence electrons. The van der Waals surface area contributed by atoms with E-state index in [1.165, 1.54) is 19.5 Å². The largest absolute Gasteiger partial charge is 0.315 e. The van der Waals surface area contributed by atoms with Gasteiger partial charge in [0.1, 0.15) is 0 Å². The maximum absolute atomic E-state index is 3.21. The summed E-state index contributed by atoms with van der Waals surface area (Å²) in [4.78, 5) is 4.64. The van der Waals surface area contributed by atoms with E-state index in [1.54, 1.807) is 0 Å². The molecule has 1 aliphatic heterocycles. The van der Waals surface area contributed by atoms with Crippen molar-refractivity contribution in [1.29, 1.82) is 0 Å². The summed E-state index contributed by atoms with van der Waals surface area (Å²) in [5.74, 6) is 0. The number of rotatable bonds is 4. The van der Waals surface area contributed by atoms with Crippen molar-refractivity contribution in [2.24, 2.45) is 0 Å². The Kier molecular flexibility index (Phi) is 14.4. The van der Waals surface area contributed by atoms with Crippen molar-refractivity contribution in [3.8, 4) is 0 Å². The Labute approximate surface area is 122 Å². The van der Waals surface area contributed by atoms with Crippen molar-refractivity contribution in [1.82, 2.24) is 15.1 Å². The number of nitrogens with one attached hydrogen (secondary N) is 1. The molecule has 1 N–H and O–H groups in total. The lowest BCUT2D eigenvalue weighted by atomic mass is 10.2. The lowest BCUT2D eigenvalue weighted by molar-refractivity contribution is 0.138. The van der Waals surface area contributed by atoms with Gasteiger partial charge < -0.3 is 15.1 Å². The number of likely N-dealkylation sites (tertiary alicyclic amines) is 1. The van der Waals surface area contributed by atoms with Gasteiger partial charge in [0.05, 0.1) is 0 Å². The Balaban J connectivity index is 0. The first-order valence-corrected chi connectivity index (χ1v) is 7.86. The molecule has 0 amide bonds. The first kappa shape index (κ1) is 21.2. The molecule has 3 nitrogen and oxygen atoms in total. The summed E-state index contributed by atoms with van der Waals surface area (Å²) in [7, 11) is 4.15. The summed E-state index contributed by atoms with van der Waals surface area (Å²) < 4.78 is 0. The fourth-order valence-corrected chi connectivity index (χ4v) is 1.27. The second-order valence-electron chi connectivity index (χ2n) is 6.25. The normalized spacial score (nSPS) is 15.0. The van der Waals surface area contributed by atoms with E-state index >= 15 is 0 Å². The molecular formula is C16H39N3. The molecule has 0 radical (unpaired) electrons. The molecule has 3 heteroatoms. The van der Waals surface area contributed by atoms with Crippen molar-refractivity contribution in [3.63, 3.8) is 0 Å². The average molecular weight is 274 g/mol. The van der Waals surface area contributed by atoms with Gasteiger partial charge in [-0.15, -0.1) is 0 Å². The molecule has 0 bridgehead atoms. The highest BCUT2D eigenvalue weighted by Gasteiger charge is 2.15. The van der Waals surface area contributed by atoms with Crippen LogP contribution in [0.4, 0.5) is 0 Å². The van der Waals surface area contributed by atoms with Crippen LogP contribution in [0.3, 0.4) is 0 Å². The van der Waals surface area contributed by atoms with Crippen molar-refractivity contribution in [2.75, 3.05) is 33.7 Å². The Bertz CT molecular complexity index is 167. The van der Waals surface area contributed by atoms with E-state index in [1.807, 2.05) is 0 Å². The molecule has 1 aliphatic rings. The summed E-state index contributed by atoms with van der Waals surface area (Å²) in [5, 5.41) is 3.21. The Morgan fingerprint density at radius 2 is 1.42 bits per heavy atom. The lowest BCUT2D eigenvalue weighted by Gasteiger charge is -2.34. The molecule has 0 aromatic carbocycles. The van der Waals surface area contributed by atoms with Gasteiger partial charge in [-0.2, -0.15) is 0 Å². The molecule has 1 saturated heterocycles. The van der Waals surface area contributed by atoms with E-state index in [-0.39, 0.29) is 0 Å². The van der Waals surface area contributed by atoms with Gasteiger partial charge in [-0.1, -0.05) is 20.8 Å². The predicted octanol–water partition coefficient (Wildman–Crippen LogP) is 3.06. The molecule has 0 aliphatic carbocycles. The highest BCUT2D eigenvalue weighted by Crippen LogP contribution is 2.08. The smallest absolute Gasteiger partial charge is 0.00386 e. The monoisotopic (exact) mass is 273 g/mol. The number of hydrogen-bond donors (Lipinski definition) is 1. The first-order chi connectivity index (χ1) is 8.72. The van der Waals surface area contributed by atoms with E-state index in [9.17, 15) is 0 Å². The van der Waals surface area contributed by atoms with Crippen LogP contribution in [0.5, 0.6) is 0 Å². The summed E-state index contributed by atoms with van der Waals surface area (Å²) >= 11 is 0. The van der Waals surface area contributed by atoms with Crippen LogP contribution in [0.25, 0.3) is 0 Å². The minimum Gasteiger partial charge on any atom is -0.315 e. The maximum atomic E-state index is 3.21. The van der Waals surface area contributed by atoms with Gasteiger partial charge in [0, 0.05) is 18.1 Å². The molecule has 0 saturated carbocycles. The lowest BCUT2D eigenvalue weighted by Crippen LogP contribution is -2.41. The summed E-state index contributed by atoms with van der Waals surface area (Å²) in [6.45, 7) is 19.0. The summed E-state index contributed by atoms with van der Waals surface area (Å²) in [6.07, 6.45) is 1.41. The Morgan fingerprint density at radius 3 is 1.42 bits per heavy atom. The minimum atomic E-state index is 0.648. The predicted molar refractivity (Wildman–Crippen MR) is 89.0 cm³/mol. The van der Waals surface area contributed by atoms with Gasteiger partial charge in [-0.3, -0.25) is 0 Å². The third kappa shape index (κ3) is 15.8. The topological polar surface area (TPSA) is 18.5 Å². The van der Waals surface area contributed by atoms with Gasteiger partial charge in [0.2, 0.25) is 0 Å². The van der Waals surface area contributed by atoms with Crippen LogP contribution in [-0.2, 0) is 0 Å². The molecule has 0 aromatic rings. The quantitative estimate of drug-likeness (QED) is 0.849. The third-order valence-corrected chi connectivity index (χ3v) is 3.27. The molecule has 19 heavy (non-hydrogen) atoms. The van der Waals surface area contributed by atoms with Crippen LogP contribution in [-0.4, -0.2) is 61.7 Å². The highest BCUT2D eigenvalue weighted by molar-refractivity contribution is 4.71. The number of nitrogens with zero attached hydrogens (tertiary/aromatic N) is 2. The maximum Gasteiger partial charge on any atom is 0.00386 e. The fourth-order valence-electron chi connectivity index (χ4n) is 1.27. The zero-order valence-corrected chi connectivity index (χ0v) is 15.0. The zero-order valence-electron chi connectivity index (χ0n) is 15.0. The van der Waals surface area contributed by atoms with E-state index in [0.29, 0.717) is 12.1 Å². The van der Waals surface area contributed by atoms with Gasteiger partial charge in [0.15, 0.2) is 0 Å². The van der Waals surface area contributed by atoms with E-state index < -0.39 is 0 Å². The second kappa shape index (κ2) is 12.9.